The number of nitrogens with zero attached hydrogens (tertiary/aromatic N) is 2. The van der Waals surface area contributed by atoms with Crippen molar-refractivity contribution in [3.63, 3.8) is 0 Å². The van der Waals surface area contributed by atoms with Crippen molar-refractivity contribution in [3.05, 3.63) is 71.8 Å². The second kappa shape index (κ2) is 8.15. The van der Waals surface area contributed by atoms with E-state index in [1.807, 2.05) is 42.5 Å². The highest BCUT2D eigenvalue weighted by Gasteiger charge is 2.05. The van der Waals surface area contributed by atoms with Crippen molar-refractivity contribution in [2.24, 2.45) is 0 Å². The van der Waals surface area contributed by atoms with Crippen LogP contribution < -0.4 is 15.8 Å². The molecule has 128 valence electrons. The average Bonchev–Trinajstić information content (AvgIpc) is 2.62. The normalized spacial score (nSPS) is 10.4. The molecule has 0 fully saturated rings. The molecule has 1 aromatic heterocycles. The number of aryl methyl sites for hydroxylation is 1. The van der Waals surface area contributed by atoms with E-state index in [0.717, 1.165) is 24.2 Å². The summed E-state index contributed by atoms with van der Waals surface area (Å²) in [6.45, 7) is 2.82. The monoisotopic (exact) mass is 334 g/mol. The molecule has 5 heteroatoms. The molecule has 5 nitrogen and oxygen atoms in total. The van der Waals surface area contributed by atoms with Crippen LogP contribution in [0.3, 0.4) is 0 Å². The van der Waals surface area contributed by atoms with Gasteiger partial charge in [-0.2, -0.15) is 9.97 Å². The van der Waals surface area contributed by atoms with Crippen LogP contribution in [0.5, 0.6) is 11.6 Å². The van der Waals surface area contributed by atoms with Gasteiger partial charge in [0.05, 0.1) is 0 Å². The predicted molar refractivity (Wildman–Crippen MR) is 101 cm³/mol. The van der Waals surface area contributed by atoms with Gasteiger partial charge >= 0.3 is 0 Å². The lowest BCUT2D eigenvalue weighted by atomic mass is 10.1. The summed E-state index contributed by atoms with van der Waals surface area (Å²) in [5.41, 5.74) is 8.26. The quantitative estimate of drug-likeness (QED) is 0.669. The van der Waals surface area contributed by atoms with Gasteiger partial charge in [0.1, 0.15) is 11.6 Å². The van der Waals surface area contributed by atoms with E-state index >= 15 is 0 Å². The summed E-state index contributed by atoms with van der Waals surface area (Å²) in [4.78, 5) is 8.35. The van der Waals surface area contributed by atoms with Gasteiger partial charge in [-0.1, -0.05) is 55.8 Å². The zero-order chi connectivity index (χ0) is 17.5. The molecular formula is C20H22N4O. The summed E-state index contributed by atoms with van der Waals surface area (Å²) in [6, 6.07) is 19.9. The van der Waals surface area contributed by atoms with Gasteiger partial charge in [0.25, 0.3) is 0 Å². The molecule has 2 aromatic carbocycles. The lowest BCUT2D eigenvalue weighted by Crippen LogP contribution is -2.05. The van der Waals surface area contributed by atoms with Crippen LogP contribution in [0, 0.1) is 0 Å². The summed E-state index contributed by atoms with van der Waals surface area (Å²) < 4.78 is 5.81. The van der Waals surface area contributed by atoms with E-state index in [-0.39, 0.29) is 5.95 Å². The topological polar surface area (TPSA) is 73.1 Å². The number of hydrogen-bond donors (Lipinski definition) is 2. The highest BCUT2D eigenvalue weighted by atomic mass is 16.5. The molecule has 0 spiro atoms. The molecule has 0 saturated carbocycles. The number of benzene rings is 2. The number of aromatic nitrogens is 2. The molecule has 0 saturated heterocycles. The Hall–Kier alpha value is -3.08. The third kappa shape index (κ3) is 4.94. The number of nitrogens with one attached hydrogen (secondary N) is 1. The standard InChI is InChI=1S/C20H22N4O/c1-2-6-15-9-11-17(12-10-15)25-19-13-18(23-20(21)24-19)22-14-16-7-4-3-5-8-16/h3-5,7-13H,2,6,14H2,1H3,(H3,21,22,23,24). The first kappa shape index (κ1) is 16.8. The number of nitrogen functional groups attached to an aromatic ring is 1. The third-order valence-corrected chi connectivity index (χ3v) is 3.72. The molecule has 0 radical (unpaired) electrons. The second-order valence-electron chi connectivity index (χ2n) is 5.78. The number of anilines is 2. The third-order valence-electron chi connectivity index (χ3n) is 3.72. The van der Waals surface area contributed by atoms with Crippen molar-refractivity contribution >= 4 is 11.8 Å². The van der Waals surface area contributed by atoms with Crippen LogP contribution in [0.4, 0.5) is 11.8 Å². The Labute approximate surface area is 147 Å². The summed E-state index contributed by atoms with van der Waals surface area (Å²) in [5, 5.41) is 3.24. The summed E-state index contributed by atoms with van der Waals surface area (Å²) >= 11 is 0. The molecule has 1 heterocycles. The number of rotatable bonds is 7. The molecule has 25 heavy (non-hydrogen) atoms. The first-order valence-corrected chi connectivity index (χ1v) is 8.42. The Morgan fingerprint density at radius 3 is 2.44 bits per heavy atom. The maximum absolute atomic E-state index is 5.81. The van der Waals surface area contributed by atoms with Gasteiger partial charge in [-0.3, -0.25) is 0 Å². The molecule has 3 N–H and O–H groups in total. The van der Waals surface area contributed by atoms with Gasteiger partial charge in [0, 0.05) is 12.6 Å². The molecular weight excluding hydrogens is 312 g/mol. The molecule has 0 unspecified atom stereocenters. The molecule has 0 bridgehead atoms. The summed E-state index contributed by atoms with van der Waals surface area (Å²) in [6.07, 6.45) is 2.19. The van der Waals surface area contributed by atoms with E-state index in [2.05, 4.69) is 34.3 Å². The minimum Gasteiger partial charge on any atom is -0.439 e. The van der Waals surface area contributed by atoms with Crippen LogP contribution in [-0.2, 0) is 13.0 Å². The lowest BCUT2D eigenvalue weighted by Gasteiger charge is -2.10. The number of ether oxygens (including phenoxy) is 1. The van der Waals surface area contributed by atoms with Crippen molar-refractivity contribution < 1.29 is 4.74 Å². The maximum atomic E-state index is 5.81. The summed E-state index contributed by atoms with van der Waals surface area (Å²) in [7, 11) is 0. The molecule has 0 aliphatic heterocycles. The largest absolute Gasteiger partial charge is 0.439 e. The van der Waals surface area contributed by atoms with E-state index in [1.54, 1.807) is 6.07 Å². The van der Waals surface area contributed by atoms with E-state index in [9.17, 15) is 0 Å². The fourth-order valence-electron chi connectivity index (χ4n) is 2.51. The fraction of sp³-hybridized carbons (Fsp3) is 0.200. The van der Waals surface area contributed by atoms with Crippen molar-refractivity contribution in [1.82, 2.24) is 9.97 Å². The Kier molecular flexibility index (Phi) is 5.46. The highest BCUT2D eigenvalue weighted by Crippen LogP contribution is 2.23. The van der Waals surface area contributed by atoms with Gasteiger partial charge in [-0.25, -0.2) is 0 Å². The zero-order valence-corrected chi connectivity index (χ0v) is 14.3. The van der Waals surface area contributed by atoms with Crippen molar-refractivity contribution in [1.29, 1.82) is 0 Å². The van der Waals surface area contributed by atoms with Crippen LogP contribution in [0.25, 0.3) is 0 Å². The fourth-order valence-corrected chi connectivity index (χ4v) is 2.51. The molecule has 0 aliphatic carbocycles. The smallest absolute Gasteiger partial charge is 0.226 e. The molecule has 0 aliphatic rings. The second-order valence-corrected chi connectivity index (χ2v) is 5.78. The van der Waals surface area contributed by atoms with Crippen molar-refractivity contribution in [2.45, 2.75) is 26.3 Å². The van der Waals surface area contributed by atoms with E-state index in [0.29, 0.717) is 18.2 Å². The molecule has 0 atom stereocenters. The van der Waals surface area contributed by atoms with Gasteiger partial charge in [-0.15, -0.1) is 0 Å². The average molecular weight is 334 g/mol. The Morgan fingerprint density at radius 1 is 0.960 bits per heavy atom. The van der Waals surface area contributed by atoms with Crippen LogP contribution in [0.2, 0.25) is 0 Å². The van der Waals surface area contributed by atoms with E-state index in [4.69, 9.17) is 10.5 Å². The van der Waals surface area contributed by atoms with Crippen molar-refractivity contribution in [3.8, 4) is 11.6 Å². The Bertz CT molecular complexity index is 804. The highest BCUT2D eigenvalue weighted by molar-refractivity contribution is 5.44. The van der Waals surface area contributed by atoms with Crippen molar-refractivity contribution in [2.75, 3.05) is 11.1 Å². The maximum Gasteiger partial charge on any atom is 0.226 e. The molecule has 0 amide bonds. The first-order chi connectivity index (χ1) is 12.2. The number of nitrogens with two attached hydrogens (primary N) is 1. The van der Waals surface area contributed by atoms with Crippen LogP contribution >= 0.6 is 0 Å². The number of hydrogen-bond acceptors (Lipinski definition) is 5. The molecule has 3 rings (SSSR count). The van der Waals surface area contributed by atoms with Crippen LogP contribution in [0.1, 0.15) is 24.5 Å². The predicted octanol–water partition coefficient (Wildman–Crippen LogP) is 4.42. The first-order valence-electron chi connectivity index (χ1n) is 8.42. The van der Waals surface area contributed by atoms with E-state index in [1.165, 1.54) is 5.56 Å². The SMILES string of the molecule is CCCc1ccc(Oc2cc(NCc3ccccc3)nc(N)n2)cc1. The summed E-state index contributed by atoms with van der Waals surface area (Å²) in [5.74, 6) is 1.96. The Balaban J connectivity index is 1.68. The van der Waals surface area contributed by atoms with Gasteiger partial charge in [-0.05, 0) is 29.7 Å². The lowest BCUT2D eigenvalue weighted by molar-refractivity contribution is 0.462. The van der Waals surface area contributed by atoms with Gasteiger partial charge in [0.15, 0.2) is 0 Å². The van der Waals surface area contributed by atoms with Gasteiger partial charge < -0.3 is 15.8 Å². The van der Waals surface area contributed by atoms with Crippen LogP contribution in [-0.4, -0.2) is 9.97 Å². The minimum absolute atomic E-state index is 0.177. The zero-order valence-electron chi connectivity index (χ0n) is 14.3. The Morgan fingerprint density at radius 2 is 1.72 bits per heavy atom. The minimum atomic E-state index is 0.177. The molecule has 3 aromatic rings. The van der Waals surface area contributed by atoms with Crippen LogP contribution in [0.15, 0.2) is 60.7 Å². The van der Waals surface area contributed by atoms with E-state index < -0.39 is 0 Å². The van der Waals surface area contributed by atoms with Gasteiger partial charge in [0.2, 0.25) is 11.8 Å².